The maximum Gasteiger partial charge on any atom is 0.354 e. The zero-order chi connectivity index (χ0) is 33.3. The molecule has 0 unspecified atom stereocenters. The second-order valence-electron chi connectivity index (χ2n) is 12.1. The monoisotopic (exact) mass is 662 g/mol. The van der Waals surface area contributed by atoms with Crippen LogP contribution in [-0.2, 0) is 17.7 Å². The average Bonchev–Trinajstić information content (AvgIpc) is 3.47. The number of nitrogens with zero attached hydrogens (tertiary/aromatic N) is 4. The maximum atomic E-state index is 15.1. The van der Waals surface area contributed by atoms with E-state index in [9.17, 15) is 4.79 Å². The predicted octanol–water partition coefficient (Wildman–Crippen LogP) is 4.57. The van der Waals surface area contributed by atoms with E-state index in [4.69, 9.17) is 27.8 Å². The van der Waals surface area contributed by atoms with Crippen molar-refractivity contribution in [1.82, 2.24) is 24.8 Å². The number of fused-ring (bicyclic) bond motifs is 1. The minimum Gasteiger partial charge on any atom is -0.386 e. The molecule has 4 aromatic rings. The van der Waals surface area contributed by atoms with E-state index in [1.165, 1.54) is 4.57 Å². The largest absolute Gasteiger partial charge is 0.386 e. The average molecular weight is 663 g/mol. The number of halogens is 2. The van der Waals surface area contributed by atoms with Crippen LogP contribution in [0, 0.1) is 5.82 Å². The number of hydrogen-bond acceptors (Lipinski definition) is 7. The third-order valence-electron chi connectivity index (χ3n) is 8.32. The molecule has 2 atom stereocenters. The van der Waals surface area contributed by atoms with Gasteiger partial charge < -0.3 is 26.5 Å². The van der Waals surface area contributed by atoms with Crippen molar-refractivity contribution in [1.29, 1.82) is 0 Å². The Hall–Kier alpha value is -3.87. The van der Waals surface area contributed by atoms with Crippen LogP contribution < -0.4 is 22.5 Å². The molecule has 47 heavy (non-hydrogen) atoms. The van der Waals surface area contributed by atoms with Crippen molar-refractivity contribution < 1.29 is 9.13 Å². The first-order valence-corrected chi connectivity index (χ1v) is 16.5. The molecular formula is C35H44ClFN8O2. The number of amidine groups is 1. The second kappa shape index (κ2) is 16.3. The Labute approximate surface area is 279 Å². The Bertz CT molecular complexity index is 1750. The second-order valence-corrected chi connectivity index (χ2v) is 12.5. The van der Waals surface area contributed by atoms with E-state index >= 15 is 4.39 Å². The summed E-state index contributed by atoms with van der Waals surface area (Å²) >= 11 is 6.26. The van der Waals surface area contributed by atoms with Crippen LogP contribution in [0.15, 0.2) is 71.1 Å². The fraction of sp³-hybridized carbons (Fsp3) is 0.400. The molecule has 0 amide bonds. The van der Waals surface area contributed by atoms with Gasteiger partial charge in [0, 0.05) is 55.4 Å². The number of morpholine rings is 1. The summed E-state index contributed by atoms with van der Waals surface area (Å²) in [5.74, 6) is 0.117. The number of rotatable bonds is 15. The Kier molecular flexibility index (Phi) is 12.0. The maximum absolute atomic E-state index is 15.1. The molecule has 3 heterocycles. The van der Waals surface area contributed by atoms with Gasteiger partial charge in [-0.1, -0.05) is 29.8 Å². The number of nitrogens with one attached hydrogen (secondary N) is 2. The number of H-pyrrole nitrogens is 1. The van der Waals surface area contributed by atoms with Crippen LogP contribution in [0.3, 0.4) is 0 Å². The van der Waals surface area contributed by atoms with Crippen LogP contribution in [0.5, 0.6) is 0 Å². The standard InChI is InChI=1S/C35H44ClFN8O2/c1-3-27(11-12-40-32(39)22-44-13-15-47-16-14-44)41-20-24-7-9-28(10-8-24)45-21-26-19-31(42-34(26)43-35(45)46)29-17-25(6-4-5-23(2)38)18-30(36)33(29)37/h3,7-10,17-19,21,23,27,41H,1,4-6,11-16,20,22,38H2,2H3,(H2,39,40)(H,42,43,46)/t23-,27-/m0/s1. The number of aromatic amines is 1. The Morgan fingerprint density at radius 3 is 2.70 bits per heavy atom. The molecule has 0 saturated carbocycles. The number of hydrogen-bond donors (Lipinski definition) is 4. The fourth-order valence-corrected chi connectivity index (χ4v) is 5.89. The number of aromatic nitrogens is 3. The Balaban J connectivity index is 1.22. The van der Waals surface area contributed by atoms with E-state index in [0.717, 1.165) is 63.1 Å². The molecule has 1 aliphatic heterocycles. The zero-order valence-electron chi connectivity index (χ0n) is 26.9. The first-order chi connectivity index (χ1) is 22.7. The number of aliphatic imine (C=N–C) groups is 1. The number of aryl methyl sites for hydroxylation is 1. The highest BCUT2D eigenvalue weighted by Crippen LogP contribution is 2.31. The molecule has 6 N–H and O–H groups in total. The van der Waals surface area contributed by atoms with Gasteiger partial charge in [0.25, 0.3) is 0 Å². The van der Waals surface area contributed by atoms with Crippen molar-refractivity contribution in [2.24, 2.45) is 16.5 Å². The lowest BCUT2D eigenvalue weighted by atomic mass is 10.0. The summed E-state index contributed by atoms with van der Waals surface area (Å²) in [5, 5.41) is 4.22. The number of ether oxygens (including phenoxy) is 1. The lowest BCUT2D eigenvalue weighted by Crippen LogP contribution is -2.41. The molecule has 0 aliphatic carbocycles. The van der Waals surface area contributed by atoms with Crippen LogP contribution in [-0.4, -0.2) is 76.7 Å². The van der Waals surface area contributed by atoms with Gasteiger partial charge in [-0.05, 0) is 74.1 Å². The molecule has 0 radical (unpaired) electrons. The molecule has 1 fully saturated rings. The van der Waals surface area contributed by atoms with Crippen LogP contribution in [0.25, 0.3) is 28.0 Å². The third-order valence-corrected chi connectivity index (χ3v) is 8.60. The molecule has 10 nitrogen and oxygen atoms in total. The first kappa shape index (κ1) is 34.5. The van der Waals surface area contributed by atoms with Gasteiger partial charge in [0.05, 0.1) is 36.2 Å². The van der Waals surface area contributed by atoms with Gasteiger partial charge in [-0.3, -0.25) is 14.5 Å². The van der Waals surface area contributed by atoms with E-state index in [-0.39, 0.29) is 17.1 Å². The normalized spacial score (nSPS) is 15.6. The number of benzene rings is 2. The van der Waals surface area contributed by atoms with Crippen molar-refractivity contribution in [3.8, 4) is 16.9 Å². The smallest absolute Gasteiger partial charge is 0.354 e. The van der Waals surface area contributed by atoms with E-state index in [1.54, 1.807) is 24.4 Å². The quantitative estimate of drug-likeness (QED) is 0.0831. The lowest BCUT2D eigenvalue weighted by Gasteiger charge is -2.26. The van der Waals surface area contributed by atoms with Crippen molar-refractivity contribution >= 4 is 28.5 Å². The number of nitrogens with two attached hydrogens (primary N) is 2. The highest BCUT2D eigenvalue weighted by Gasteiger charge is 2.16. The molecule has 5 rings (SSSR count). The lowest BCUT2D eigenvalue weighted by molar-refractivity contribution is 0.0451. The SMILES string of the molecule is C=C[C@@H](CCN=C(N)CN1CCOCC1)NCc1ccc(-n2cc3cc(-c4cc(CCC[C@H](C)N)cc(Cl)c4F)[nH]c3nc2=O)cc1. The molecule has 1 saturated heterocycles. The molecule has 0 bridgehead atoms. The van der Waals surface area contributed by atoms with Crippen LogP contribution >= 0.6 is 11.6 Å². The molecular weight excluding hydrogens is 619 g/mol. The fourth-order valence-electron chi connectivity index (χ4n) is 5.65. The summed E-state index contributed by atoms with van der Waals surface area (Å²) in [5.41, 5.74) is 15.4. The van der Waals surface area contributed by atoms with Crippen LogP contribution in [0.1, 0.15) is 37.3 Å². The minimum absolute atomic E-state index is 0.0520. The van der Waals surface area contributed by atoms with Gasteiger partial charge in [0.2, 0.25) is 0 Å². The van der Waals surface area contributed by atoms with Crippen LogP contribution in [0.4, 0.5) is 4.39 Å². The van der Waals surface area contributed by atoms with Crippen molar-refractivity contribution in [3.63, 3.8) is 0 Å². The molecule has 2 aromatic carbocycles. The Morgan fingerprint density at radius 1 is 1.21 bits per heavy atom. The zero-order valence-corrected chi connectivity index (χ0v) is 27.6. The van der Waals surface area contributed by atoms with E-state index in [0.29, 0.717) is 53.4 Å². The summed E-state index contributed by atoms with van der Waals surface area (Å²) in [6.07, 6.45) is 6.84. The van der Waals surface area contributed by atoms with Gasteiger partial charge in [-0.15, -0.1) is 6.58 Å². The molecule has 12 heteroatoms. The van der Waals surface area contributed by atoms with Gasteiger partial charge in [-0.25, -0.2) is 9.18 Å². The summed E-state index contributed by atoms with van der Waals surface area (Å²) < 4.78 is 22.0. The van der Waals surface area contributed by atoms with Gasteiger partial charge in [-0.2, -0.15) is 4.98 Å². The van der Waals surface area contributed by atoms with Gasteiger partial charge in [0.15, 0.2) is 5.82 Å². The van der Waals surface area contributed by atoms with E-state index < -0.39 is 11.5 Å². The highest BCUT2D eigenvalue weighted by molar-refractivity contribution is 6.31. The van der Waals surface area contributed by atoms with Crippen molar-refractivity contribution in [2.75, 3.05) is 39.4 Å². The first-order valence-electron chi connectivity index (χ1n) is 16.1. The molecule has 0 spiro atoms. The third kappa shape index (κ3) is 9.36. The summed E-state index contributed by atoms with van der Waals surface area (Å²) in [4.78, 5) is 27.1. The van der Waals surface area contributed by atoms with Gasteiger partial charge in [0.1, 0.15) is 11.5 Å². The summed E-state index contributed by atoms with van der Waals surface area (Å²) in [6.45, 7) is 11.0. The van der Waals surface area contributed by atoms with E-state index in [2.05, 4.69) is 31.8 Å². The molecule has 2 aromatic heterocycles. The van der Waals surface area contributed by atoms with Crippen LogP contribution in [0.2, 0.25) is 5.02 Å². The molecule has 250 valence electrons. The summed E-state index contributed by atoms with van der Waals surface area (Å²) in [7, 11) is 0. The molecule has 1 aliphatic rings. The highest BCUT2D eigenvalue weighted by atomic mass is 35.5. The van der Waals surface area contributed by atoms with Crippen molar-refractivity contribution in [3.05, 3.63) is 93.8 Å². The predicted molar refractivity (Wildman–Crippen MR) is 188 cm³/mol. The van der Waals surface area contributed by atoms with Crippen molar-refractivity contribution in [2.45, 2.75) is 51.2 Å². The Morgan fingerprint density at radius 2 is 1.98 bits per heavy atom. The summed E-state index contributed by atoms with van der Waals surface area (Å²) in [6, 6.07) is 13.1. The minimum atomic E-state index is -0.520. The topological polar surface area (TPSA) is 140 Å². The van der Waals surface area contributed by atoms with E-state index in [1.807, 2.05) is 37.3 Å². The van der Waals surface area contributed by atoms with Gasteiger partial charge >= 0.3 is 5.69 Å².